The number of fused-ring (bicyclic) bond motifs is 5. The van der Waals surface area contributed by atoms with Crippen LogP contribution in [0.2, 0.25) is 0 Å². The molecule has 7 atom stereocenters. The highest BCUT2D eigenvalue weighted by atomic mass is 16.4. The summed E-state index contributed by atoms with van der Waals surface area (Å²) in [6.45, 7) is 3.86. The summed E-state index contributed by atoms with van der Waals surface area (Å²) in [6, 6.07) is 3.00. The van der Waals surface area contributed by atoms with Crippen LogP contribution in [0.3, 0.4) is 0 Å². The number of Topliss-reactive ketones (excluding diaryl/α,β-unsaturated/α-hetero) is 1. The minimum absolute atomic E-state index is 0.181. The van der Waals surface area contributed by atoms with Crippen molar-refractivity contribution in [3.63, 3.8) is 0 Å². The maximum atomic E-state index is 13.7. The summed E-state index contributed by atoms with van der Waals surface area (Å²) < 4.78 is 5.05. The van der Waals surface area contributed by atoms with Crippen LogP contribution in [0.4, 0.5) is 0 Å². The van der Waals surface area contributed by atoms with E-state index in [1.807, 2.05) is 0 Å². The number of rotatable bonds is 1. The van der Waals surface area contributed by atoms with Gasteiger partial charge in [0, 0.05) is 17.9 Å². The maximum Gasteiger partial charge on any atom is 0.335 e. The van der Waals surface area contributed by atoms with Gasteiger partial charge in [-0.1, -0.05) is 6.92 Å². The Hall–Kier alpha value is -1.92. The minimum atomic E-state index is -1.25. The molecular formula is C24H30O6. The zero-order valence-corrected chi connectivity index (χ0v) is 17.6. The third-order valence-corrected chi connectivity index (χ3v) is 9.28. The van der Waals surface area contributed by atoms with Gasteiger partial charge in [0.1, 0.15) is 0 Å². The zero-order chi connectivity index (χ0) is 21.5. The first kappa shape index (κ1) is 20.0. The molecule has 0 spiro atoms. The molecule has 5 rings (SSSR count). The highest BCUT2D eigenvalue weighted by Gasteiger charge is 2.70. The molecule has 4 aliphatic rings. The second-order valence-electron chi connectivity index (χ2n) is 10.4. The van der Waals surface area contributed by atoms with E-state index < -0.39 is 22.4 Å². The number of ketones is 1. The summed E-state index contributed by atoms with van der Waals surface area (Å²) in [7, 11) is 0. The van der Waals surface area contributed by atoms with E-state index in [0.29, 0.717) is 44.1 Å². The molecule has 1 aromatic rings. The molecule has 1 unspecified atom stereocenters. The second kappa shape index (κ2) is 6.30. The maximum absolute atomic E-state index is 13.7. The van der Waals surface area contributed by atoms with E-state index >= 15 is 0 Å². The fraction of sp³-hybridized carbons (Fsp3) is 0.667. The third-order valence-electron chi connectivity index (χ3n) is 9.28. The lowest BCUT2D eigenvalue weighted by molar-refractivity contribution is -0.161. The molecule has 4 aliphatic carbocycles. The van der Waals surface area contributed by atoms with E-state index in [2.05, 4.69) is 6.92 Å². The van der Waals surface area contributed by atoms with Crippen molar-refractivity contribution < 1.29 is 24.5 Å². The molecule has 0 bridgehead atoms. The van der Waals surface area contributed by atoms with Crippen molar-refractivity contribution in [2.75, 3.05) is 0 Å². The molecule has 6 nitrogen and oxygen atoms in total. The summed E-state index contributed by atoms with van der Waals surface area (Å²) in [4.78, 5) is 25.1. The number of carbonyl (C=O) groups excluding carboxylic acids is 1. The van der Waals surface area contributed by atoms with Gasteiger partial charge in [-0.2, -0.15) is 0 Å². The Morgan fingerprint density at radius 1 is 1.03 bits per heavy atom. The summed E-state index contributed by atoms with van der Waals surface area (Å²) in [5, 5.41) is 33.5. The smallest absolute Gasteiger partial charge is 0.335 e. The van der Waals surface area contributed by atoms with Gasteiger partial charge in [-0.15, -0.1) is 0 Å². The Bertz CT molecular complexity index is 973. The molecule has 1 aromatic heterocycles. The fourth-order valence-corrected chi connectivity index (χ4v) is 7.53. The van der Waals surface area contributed by atoms with E-state index in [1.54, 1.807) is 13.0 Å². The fourth-order valence-electron chi connectivity index (χ4n) is 7.53. The Morgan fingerprint density at radius 2 is 1.80 bits per heavy atom. The van der Waals surface area contributed by atoms with Crippen LogP contribution in [0.25, 0.3) is 0 Å². The standard InChI is InChI=1S/C24H30O6/c1-22-9-7-15(25)11-14(22)4-5-17-19(22)20(27)21(28)23(2)16(8-10-24(17,23)29)13-3-6-18(26)30-12-13/h3,6,12,14-17,25,27,29H,4-5,7-11H2,1-2H3/t14-,15+,16-,17?,22+,23+,24+/m1/s1. The summed E-state index contributed by atoms with van der Waals surface area (Å²) >= 11 is 0. The van der Waals surface area contributed by atoms with Crippen molar-refractivity contribution in [3.05, 3.63) is 45.7 Å². The van der Waals surface area contributed by atoms with E-state index in [4.69, 9.17) is 4.42 Å². The molecule has 1 heterocycles. The summed E-state index contributed by atoms with van der Waals surface area (Å²) in [5.41, 5.74) is -1.84. The van der Waals surface area contributed by atoms with Gasteiger partial charge in [0.2, 0.25) is 5.78 Å². The topological polar surface area (TPSA) is 108 Å². The van der Waals surface area contributed by atoms with E-state index in [1.165, 1.54) is 12.3 Å². The normalized spacial score (nSPS) is 45.7. The Morgan fingerprint density at radius 3 is 2.50 bits per heavy atom. The quantitative estimate of drug-likeness (QED) is 0.651. The number of hydrogen-bond donors (Lipinski definition) is 3. The van der Waals surface area contributed by atoms with E-state index in [9.17, 15) is 24.9 Å². The van der Waals surface area contributed by atoms with Crippen LogP contribution in [0.5, 0.6) is 0 Å². The molecule has 3 saturated carbocycles. The summed E-state index contributed by atoms with van der Waals surface area (Å²) in [5.74, 6) is -0.992. The number of aliphatic hydroxyl groups is 3. The molecule has 0 amide bonds. The lowest BCUT2D eigenvalue weighted by Crippen LogP contribution is -2.62. The molecule has 162 valence electrons. The molecule has 6 heteroatoms. The first-order valence-electron chi connectivity index (χ1n) is 11.1. The van der Waals surface area contributed by atoms with Crippen LogP contribution >= 0.6 is 0 Å². The first-order valence-corrected chi connectivity index (χ1v) is 11.1. The minimum Gasteiger partial charge on any atom is -0.504 e. The number of carbonyl (C=O) groups is 1. The first-order chi connectivity index (χ1) is 14.1. The van der Waals surface area contributed by atoms with Crippen molar-refractivity contribution in [1.82, 2.24) is 0 Å². The van der Waals surface area contributed by atoms with Crippen molar-refractivity contribution in [3.8, 4) is 0 Å². The van der Waals surface area contributed by atoms with Crippen LogP contribution in [0.1, 0.15) is 70.3 Å². The van der Waals surface area contributed by atoms with Crippen LogP contribution in [0, 0.1) is 22.7 Å². The van der Waals surface area contributed by atoms with Gasteiger partial charge in [-0.3, -0.25) is 4.79 Å². The van der Waals surface area contributed by atoms with Gasteiger partial charge in [-0.05, 0) is 80.4 Å². The third kappa shape index (κ3) is 2.32. The van der Waals surface area contributed by atoms with Crippen LogP contribution in [0.15, 0.2) is 38.9 Å². The number of allylic oxidation sites excluding steroid dienone is 1. The lowest BCUT2D eigenvalue weighted by Gasteiger charge is -2.59. The van der Waals surface area contributed by atoms with E-state index in [0.717, 1.165) is 12.0 Å². The summed E-state index contributed by atoms with van der Waals surface area (Å²) in [6.07, 6.45) is 5.69. The molecule has 0 saturated heterocycles. The van der Waals surface area contributed by atoms with Crippen molar-refractivity contribution in [2.24, 2.45) is 22.7 Å². The second-order valence-corrected chi connectivity index (χ2v) is 10.4. The molecule has 0 radical (unpaired) electrons. The SMILES string of the molecule is C[C@]12CC[C@H](O)C[C@H]1CCC1C2=C(O)C(=O)[C@]2(C)[C@@H](c3ccc(=O)oc3)CC[C@]12O. The van der Waals surface area contributed by atoms with Crippen LogP contribution in [-0.2, 0) is 4.79 Å². The van der Waals surface area contributed by atoms with Crippen LogP contribution in [-0.4, -0.2) is 32.8 Å². The Kier molecular flexibility index (Phi) is 4.20. The average molecular weight is 414 g/mol. The molecule has 3 fully saturated rings. The van der Waals surface area contributed by atoms with Gasteiger partial charge in [-0.25, -0.2) is 4.79 Å². The molecule has 0 aromatic carbocycles. The Labute approximate surface area is 175 Å². The molecule has 3 N–H and O–H groups in total. The monoisotopic (exact) mass is 414 g/mol. The van der Waals surface area contributed by atoms with Gasteiger partial charge in [0.15, 0.2) is 5.76 Å². The lowest BCUT2D eigenvalue weighted by atomic mass is 9.46. The van der Waals surface area contributed by atoms with Gasteiger partial charge >= 0.3 is 5.63 Å². The average Bonchev–Trinajstić information content (AvgIpc) is 3.00. The Balaban J connectivity index is 1.64. The van der Waals surface area contributed by atoms with Crippen LogP contribution < -0.4 is 5.63 Å². The predicted octanol–water partition coefficient (Wildman–Crippen LogP) is 3.23. The largest absolute Gasteiger partial charge is 0.504 e. The van der Waals surface area contributed by atoms with Crippen molar-refractivity contribution in [1.29, 1.82) is 0 Å². The van der Waals surface area contributed by atoms with Gasteiger partial charge < -0.3 is 19.7 Å². The van der Waals surface area contributed by atoms with Gasteiger partial charge in [0.25, 0.3) is 0 Å². The number of hydrogen-bond acceptors (Lipinski definition) is 6. The molecular weight excluding hydrogens is 384 g/mol. The predicted molar refractivity (Wildman–Crippen MR) is 109 cm³/mol. The van der Waals surface area contributed by atoms with Crippen molar-refractivity contribution in [2.45, 2.75) is 76.4 Å². The number of aliphatic hydroxyl groups excluding tert-OH is 2. The highest BCUT2D eigenvalue weighted by molar-refractivity contribution is 6.02. The van der Waals surface area contributed by atoms with Gasteiger partial charge in [0.05, 0.1) is 23.4 Å². The van der Waals surface area contributed by atoms with Crippen molar-refractivity contribution >= 4 is 5.78 Å². The molecule has 0 aliphatic heterocycles. The molecule has 30 heavy (non-hydrogen) atoms. The van der Waals surface area contributed by atoms with E-state index in [-0.39, 0.29) is 35.0 Å². The highest BCUT2D eigenvalue weighted by Crippen LogP contribution is 2.68. The zero-order valence-electron chi connectivity index (χ0n) is 17.6.